The van der Waals surface area contributed by atoms with Gasteiger partial charge in [0.05, 0.1) is 6.33 Å². The molecule has 1 aliphatic carbocycles. The lowest BCUT2D eigenvalue weighted by molar-refractivity contribution is 0.166. The Morgan fingerprint density at radius 2 is 2.06 bits per heavy atom. The Labute approximate surface area is 111 Å². The third-order valence-electron chi connectivity index (χ3n) is 4.07. The summed E-state index contributed by atoms with van der Waals surface area (Å²) in [7, 11) is 0. The lowest BCUT2D eigenvalue weighted by Crippen LogP contribution is -2.35. The average Bonchev–Trinajstić information content (AvgIpc) is 2.74. The van der Waals surface area contributed by atoms with Crippen LogP contribution in [-0.2, 0) is 6.54 Å². The van der Waals surface area contributed by atoms with E-state index in [-0.39, 0.29) is 0 Å². The highest BCUT2D eigenvalue weighted by molar-refractivity contribution is 4.95. The van der Waals surface area contributed by atoms with Crippen molar-refractivity contribution < 1.29 is 0 Å². The molecule has 0 saturated heterocycles. The maximum atomic E-state index is 4.14. The molecule has 0 aliphatic heterocycles. The summed E-state index contributed by atoms with van der Waals surface area (Å²) >= 11 is 0. The van der Waals surface area contributed by atoms with Crippen LogP contribution in [0.25, 0.3) is 0 Å². The van der Waals surface area contributed by atoms with Gasteiger partial charge >= 0.3 is 0 Å². The van der Waals surface area contributed by atoms with Gasteiger partial charge in [-0.25, -0.2) is 4.98 Å². The normalized spacial score (nSPS) is 18.1. The van der Waals surface area contributed by atoms with E-state index in [4.69, 9.17) is 0 Å². The first kappa shape index (κ1) is 13.6. The topological polar surface area (TPSA) is 31.9 Å². The van der Waals surface area contributed by atoms with Crippen molar-refractivity contribution in [1.29, 1.82) is 0 Å². The van der Waals surface area contributed by atoms with Gasteiger partial charge in [-0.1, -0.05) is 39.0 Å². The molecule has 1 aliphatic rings. The molecule has 1 aromatic heterocycles. The van der Waals surface area contributed by atoms with Gasteiger partial charge in [0.1, 0.15) is 0 Å². The van der Waals surface area contributed by atoms with Crippen LogP contribution in [0.5, 0.6) is 0 Å². The molecule has 2 rings (SSSR count). The van der Waals surface area contributed by atoms with Crippen molar-refractivity contribution in [2.45, 2.75) is 70.9 Å². The maximum absolute atomic E-state index is 4.14. The van der Waals surface area contributed by atoms with Crippen LogP contribution in [0.1, 0.15) is 64.0 Å². The molecule has 102 valence electrons. The molecule has 0 spiro atoms. The highest BCUT2D eigenvalue weighted by Gasteiger charge is 2.20. The SMILES string of the molecule is CCCCN(Cc1cnc[nH]1)C1CCCCCC1. The number of hydrogen-bond donors (Lipinski definition) is 1. The summed E-state index contributed by atoms with van der Waals surface area (Å²) in [6, 6.07) is 0.794. The van der Waals surface area contributed by atoms with E-state index in [1.807, 2.05) is 6.20 Å². The van der Waals surface area contributed by atoms with Crippen molar-refractivity contribution in [2.75, 3.05) is 6.54 Å². The van der Waals surface area contributed by atoms with Crippen molar-refractivity contribution >= 4 is 0 Å². The van der Waals surface area contributed by atoms with Crippen molar-refractivity contribution in [2.24, 2.45) is 0 Å². The number of nitrogens with one attached hydrogen (secondary N) is 1. The van der Waals surface area contributed by atoms with E-state index in [0.717, 1.165) is 12.6 Å². The second-order valence-electron chi connectivity index (χ2n) is 5.55. The monoisotopic (exact) mass is 249 g/mol. The van der Waals surface area contributed by atoms with E-state index in [0.29, 0.717) is 0 Å². The van der Waals surface area contributed by atoms with Gasteiger partial charge in [-0.15, -0.1) is 0 Å². The molecular formula is C15H27N3. The molecule has 1 fully saturated rings. The Bertz CT molecular complexity index is 300. The molecule has 3 heteroatoms. The summed E-state index contributed by atoms with van der Waals surface area (Å²) in [6.45, 7) is 4.56. The van der Waals surface area contributed by atoms with Crippen LogP contribution >= 0.6 is 0 Å². The molecule has 0 unspecified atom stereocenters. The van der Waals surface area contributed by atoms with Crippen molar-refractivity contribution in [3.05, 3.63) is 18.2 Å². The van der Waals surface area contributed by atoms with E-state index in [1.54, 1.807) is 6.33 Å². The molecule has 0 bridgehead atoms. The van der Waals surface area contributed by atoms with Crippen LogP contribution in [0.4, 0.5) is 0 Å². The van der Waals surface area contributed by atoms with Gasteiger partial charge in [-0.3, -0.25) is 4.90 Å². The lowest BCUT2D eigenvalue weighted by Gasteiger charge is -2.30. The van der Waals surface area contributed by atoms with Crippen molar-refractivity contribution in [3.8, 4) is 0 Å². The fourth-order valence-corrected chi connectivity index (χ4v) is 2.96. The minimum absolute atomic E-state index is 0.794. The molecule has 1 heterocycles. The van der Waals surface area contributed by atoms with E-state index in [1.165, 1.54) is 63.6 Å². The molecule has 0 radical (unpaired) electrons. The molecule has 1 saturated carbocycles. The van der Waals surface area contributed by atoms with Crippen molar-refractivity contribution in [1.82, 2.24) is 14.9 Å². The molecular weight excluding hydrogens is 222 g/mol. The molecule has 3 nitrogen and oxygen atoms in total. The summed E-state index contributed by atoms with van der Waals surface area (Å²) in [5.41, 5.74) is 1.26. The number of H-pyrrole nitrogens is 1. The molecule has 1 N–H and O–H groups in total. The third kappa shape index (κ3) is 4.13. The smallest absolute Gasteiger partial charge is 0.0922 e. The molecule has 0 atom stereocenters. The summed E-state index contributed by atoms with van der Waals surface area (Å²) in [4.78, 5) is 10.1. The zero-order valence-corrected chi connectivity index (χ0v) is 11.7. The first-order chi connectivity index (χ1) is 8.90. The van der Waals surface area contributed by atoms with Crippen molar-refractivity contribution in [3.63, 3.8) is 0 Å². The molecule has 1 aromatic rings. The van der Waals surface area contributed by atoms with E-state index < -0.39 is 0 Å². The number of rotatable bonds is 6. The third-order valence-corrected chi connectivity index (χ3v) is 4.07. The summed E-state index contributed by atoms with van der Waals surface area (Å²) in [5, 5.41) is 0. The molecule has 0 aromatic carbocycles. The first-order valence-corrected chi connectivity index (χ1v) is 7.61. The number of imidazole rings is 1. The molecule has 0 amide bonds. The number of aromatic amines is 1. The predicted molar refractivity (Wildman–Crippen MR) is 75.4 cm³/mol. The average molecular weight is 249 g/mol. The highest BCUT2D eigenvalue weighted by Crippen LogP contribution is 2.23. The van der Waals surface area contributed by atoms with Gasteiger partial charge in [0.15, 0.2) is 0 Å². The van der Waals surface area contributed by atoms with Gasteiger partial charge in [-0.2, -0.15) is 0 Å². The Kier molecular flexibility index (Phi) is 5.72. The predicted octanol–water partition coefficient (Wildman–Crippen LogP) is 3.73. The Balaban J connectivity index is 1.93. The highest BCUT2D eigenvalue weighted by atomic mass is 15.2. The Morgan fingerprint density at radius 1 is 1.28 bits per heavy atom. The van der Waals surface area contributed by atoms with Gasteiger partial charge in [0.25, 0.3) is 0 Å². The Morgan fingerprint density at radius 3 is 2.67 bits per heavy atom. The minimum atomic E-state index is 0.794. The van der Waals surface area contributed by atoms with Crippen LogP contribution in [0.2, 0.25) is 0 Å². The first-order valence-electron chi connectivity index (χ1n) is 7.61. The largest absolute Gasteiger partial charge is 0.347 e. The number of aromatic nitrogens is 2. The van der Waals surface area contributed by atoms with Crippen LogP contribution < -0.4 is 0 Å². The summed E-state index contributed by atoms with van der Waals surface area (Å²) in [6.07, 6.45) is 14.8. The van der Waals surface area contributed by atoms with Crippen LogP contribution in [0.3, 0.4) is 0 Å². The van der Waals surface area contributed by atoms with Gasteiger partial charge in [0, 0.05) is 24.5 Å². The van der Waals surface area contributed by atoms with E-state index in [2.05, 4.69) is 21.8 Å². The molecule has 18 heavy (non-hydrogen) atoms. The van der Waals surface area contributed by atoms with Crippen LogP contribution in [0, 0.1) is 0 Å². The number of nitrogens with zero attached hydrogens (tertiary/aromatic N) is 2. The van der Waals surface area contributed by atoms with Crippen LogP contribution in [0.15, 0.2) is 12.5 Å². The lowest BCUT2D eigenvalue weighted by atomic mass is 10.1. The zero-order valence-electron chi connectivity index (χ0n) is 11.7. The summed E-state index contributed by atoms with van der Waals surface area (Å²) < 4.78 is 0. The number of hydrogen-bond acceptors (Lipinski definition) is 2. The quantitative estimate of drug-likeness (QED) is 0.779. The van der Waals surface area contributed by atoms with Gasteiger partial charge < -0.3 is 4.98 Å². The number of unbranched alkanes of at least 4 members (excludes halogenated alkanes) is 1. The zero-order chi connectivity index (χ0) is 12.6. The van der Waals surface area contributed by atoms with E-state index in [9.17, 15) is 0 Å². The maximum Gasteiger partial charge on any atom is 0.0922 e. The summed E-state index contributed by atoms with van der Waals surface area (Å²) in [5.74, 6) is 0. The standard InChI is InChI=1S/C15H27N3/c1-2-3-10-18(12-14-11-16-13-17-14)15-8-6-4-5-7-9-15/h11,13,15H,2-10,12H2,1H3,(H,16,17). The Hall–Kier alpha value is -0.830. The fourth-order valence-electron chi connectivity index (χ4n) is 2.96. The van der Waals surface area contributed by atoms with Crippen LogP contribution in [-0.4, -0.2) is 27.5 Å². The second kappa shape index (κ2) is 7.57. The van der Waals surface area contributed by atoms with Gasteiger partial charge in [-0.05, 0) is 25.8 Å². The van der Waals surface area contributed by atoms with Gasteiger partial charge in [0.2, 0.25) is 0 Å². The van der Waals surface area contributed by atoms with E-state index >= 15 is 0 Å². The minimum Gasteiger partial charge on any atom is -0.347 e. The second-order valence-corrected chi connectivity index (χ2v) is 5.55. The fraction of sp³-hybridized carbons (Fsp3) is 0.800.